The third kappa shape index (κ3) is 5.07. The second kappa shape index (κ2) is 8.09. The zero-order valence-electron chi connectivity index (χ0n) is 13.8. The standard InChI is InChI=1S/C17H29N3OS/c1-3-8-17(2,18)16(21)19-11-14-6-4-9-20(12-14)13-15-7-5-10-22-15/h5,7,10,14H,3-4,6,8-9,11-13,18H2,1-2H3,(H,19,21). The van der Waals surface area contributed by atoms with Crippen molar-refractivity contribution in [3.63, 3.8) is 0 Å². The highest BCUT2D eigenvalue weighted by Crippen LogP contribution is 2.20. The van der Waals surface area contributed by atoms with Crippen molar-refractivity contribution in [1.82, 2.24) is 10.2 Å². The van der Waals surface area contributed by atoms with Crippen LogP contribution in [0.2, 0.25) is 0 Å². The molecular weight excluding hydrogens is 294 g/mol. The molecule has 5 heteroatoms. The molecule has 2 rings (SSSR count). The highest BCUT2D eigenvalue weighted by molar-refractivity contribution is 7.09. The molecule has 22 heavy (non-hydrogen) atoms. The second-order valence-electron chi connectivity index (χ2n) is 6.70. The lowest BCUT2D eigenvalue weighted by molar-refractivity contribution is -0.126. The van der Waals surface area contributed by atoms with Gasteiger partial charge in [-0.25, -0.2) is 0 Å². The first kappa shape index (κ1) is 17.4. The number of nitrogens with one attached hydrogen (secondary N) is 1. The van der Waals surface area contributed by atoms with E-state index in [1.54, 1.807) is 0 Å². The number of nitrogens with zero attached hydrogens (tertiary/aromatic N) is 1. The molecule has 2 heterocycles. The van der Waals surface area contributed by atoms with Gasteiger partial charge >= 0.3 is 0 Å². The van der Waals surface area contributed by atoms with Gasteiger partial charge in [-0.15, -0.1) is 11.3 Å². The predicted molar refractivity (Wildman–Crippen MR) is 92.8 cm³/mol. The Morgan fingerprint density at radius 1 is 1.59 bits per heavy atom. The summed E-state index contributed by atoms with van der Waals surface area (Å²) in [6, 6.07) is 4.30. The summed E-state index contributed by atoms with van der Waals surface area (Å²) in [4.78, 5) is 16.1. The van der Waals surface area contributed by atoms with E-state index in [0.717, 1.165) is 39.0 Å². The molecule has 3 N–H and O–H groups in total. The van der Waals surface area contributed by atoms with E-state index in [0.29, 0.717) is 5.92 Å². The number of hydrogen-bond acceptors (Lipinski definition) is 4. The molecule has 0 aliphatic carbocycles. The number of likely N-dealkylation sites (tertiary alicyclic amines) is 1. The molecule has 4 nitrogen and oxygen atoms in total. The topological polar surface area (TPSA) is 58.4 Å². The molecule has 0 bridgehead atoms. The van der Waals surface area contributed by atoms with E-state index in [9.17, 15) is 4.79 Å². The number of carbonyl (C=O) groups is 1. The van der Waals surface area contributed by atoms with E-state index < -0.39 is 5.54 Å². The van der Waals surface area contributed by atoms with Crippen molar-refractivity contribution in [2.75, 3.05) is 19.6 Å². The molecule has 2 atom stereocenters. The molecular formula is C17H29N3OS. The molecule has 124 valence electrons. The Labute approximate surface area is 138 Å². The van der Waals surface area contributed by atoms with Crippen molar-refractivity contribution < 1.29 is 4.79 Å². The Morgan fingerprint density at radius 2 is 2.41 bits per heavy atom. The van der Waals surface area contributed by atoms with Crippen LogP contribution in [0.1, 0.15) is 44.4 Å². The molecule has 1 saturated heterocycles. The summed E-state index contributed by atoms with van der Waals surface area (Å²) < 4.78 is 0. The molecule has 1 fully saturated rings. The van der Waals surface area contributed by atoms with Crippen LogP contribution in [-0.4, -0.2) is 36.0 Å². The molecule has 1 aromatic rings. The van der Waals surface area contributed by atoms with Gasteiger partial charge in [-0.2, -0.15) is 0 Å². The fourth-order valence-corrected chi connectivity index (χ4v) is 3.90. The minimum absolute atomic E-state index is 0.00951. The van der Waals surface area contributed by atoms with Crippen molar-refractivity contribution in [1.29, 1.82) is 0 Å². The van der Waals surface area contributed by atoms with E-state index in [4.69, 9.17) is 5.73 Å². The molecule has 1 amide bonds. The lowest BCUT2D eigenvalue weighted by Crippen LogP contribution is -2.53. The molecule has 1 aliphatic rings. The summed E-state index contributed by atoms with van der Waals surface area (Å²) >= 11 is 1.82. The molecule has 0 spiro atoms. The van der Waals surface area contributed by atoms with E-state index in [2.05, 4.69) is 34.7 Å². The number of hydrogen-bond donors (Lipinski definition) is 2. The first-order valence-corrected chi connectivity index (χ1v) is 9.21. The van der Waals surface area contributed by atoms with Crippen molar-refractivity contribution in [3.8, 4) is 0 Å². The van der Waals surface area contributed by atoms with Crippen LogP contribution in [0.5, 0.6) is 0 Å². The summed E-state index contributed by atoms with van der Waals surface area (Å²) in [7, 11) is 0. The first-order chi connectivity index (χ1) is 10.5. The summed E-state index contributed by atoms with van der Waals surface area (Å²) in [5, 5.41) is 5.20. The maximum Gasteiger partial charge on any atom is 0.239 e. The van der Waals surface area contributed by atoms with E-state index >= 15 is 0 Å². The van der Waals surface area contributed by atoms with Crippen LogP contribution in [0.25, 0.3) is 0 Å². The average Bonchev–Trinajstić information content (AvgIpc) is 2.98. The highest BCUT2D eigenvalue weighted by atomic mass is 32.1. The Kier molecular flexibility index (Phi) is 6.41. The third-order valence-corrected chi connectivity index (χ3v) is 5.26. The maximum absolute atomic E-state index is 12.2. The fourth-order valence-electron chi connectivity index (χ4n) is 3.16. The number of rotatable bonds is 7. The van der Waals surface area contributed by atoms with Gasteiger partial charge in [0.2, 0.25) is 5.91 Å². The molecule has 2 unspecified atom stereocenters. The van der Waals surface area contributed by atoms with Gasteiger partial charge in [0, 0.05) is 24.5 Å². The van der Waals surface area contributed by atoms with E-state index in [1.807, 2.05) is 18.3 Å². The van der Waals surface area contributed by atoms with Crippen LogP contribution >= 0.6 is 11.3 Å². The highest BCUT2D eigenvalue weighted by Gasteiger charge is 2.28. The fraction of sp³-hybridized carbons (Fsp3) is 0.706. The van der Waals surface area contributed by atoms with Crippen LogP contribution < -0.4 is 11.1 Å². The Bertz CT molecular complexity index is 458. The van der Waals surface area contributed by atoms with Crippen molar-refractivity contribution in [2.24, 2.45) is 11.7 Å². The van der Waals surface area contributed by atoms with Gasteiger partial charge in [0.05, 0.1) is 5.54 Å². The molecule has 1 aliphatic heterocycles. The summed E-state index contributed by atoms with van der Waals surface area (Å²) in [6.07, 6.45) is 4.06. The van der Waals surface area contributed by atoms with Crippen molar-refractivity contribution in [2.45, 2.75) is 51.6 Å². The number of carbonyl (C=O) groups excluding carboxylic acids is 1. The summed E-state index contributed by atoms with van der Waals surface area (Å²) in [5.41, 5.74) is 5.35. The largest absolute Gasteiger partial charge is 0.354 e. The lowest BCUT2D eigenvalue weighted by atomic mass is 9.94. The number of piperidine rings is 1. The monoisotopic (exact) mass is 323 g/mol. The number of amides is 1. The summed E-state index contributed by atoms with van der Waals surface area (Å²) in [5.74, 6) is 0.528. The zero-order chi connectivity index (χ0) is 16.0. The molecule has 1 aromatic heterocycles. The predicted octanol–water partition coefficient (Wildman–Crippen LogP) is 2.59. The van der Waals surface area contributed by atoms with Crippen LogP contribution in [0.15, 0.2) is 17.5 Å². The minimum atomic E-state index is -0.736. The van der Waals surface area contributed by atoms with Crippen LogP contribution in [0.4, 0.5) is 0 Å². The number of thiophene rings is 1. The van der Waals surface area contributed by atoms with Crippen LogP contribution in [-0.2, 0) is 11.3 Å². The van der Waals surface area contributed by atoms with E-state index in [1.165, 1.54) is 17.7 Å². The van der Waals surface area contributed by atoms with Gasteiger partial charge in [0.15, 0.2) is 0 Å². The van der Waals surface area contributed by atoms with Gasteiger partial charge in [-0.05, 0) is 50.1 Å². The second-order valence-corrected chi connectivity index (χ2v) is 7.73. The Morgan fingerprint density at radius 3 is 3.09 bits per heavy atom. The SMILES string of the molecule is CCCC(C)(N)C(=O)NCC1CCCN(Cc2cccs2)C1. The quantitative estimate of drug-likeness (QED) is 0.811. The minimum Gasteiger partial charge on any atom is -0.354 e. The van der Waals surface area contributed by atoms with E-state index in [-0.39, 0.29) is 5.91 Å². The van der Waals surface area contributed by atoms with Gasteiger partial charge in [0.25, 0.3) is 0 Å². The average molecular weight is 324 g/mol. The summed E-state index contributed by atoms with van der Waals surface area (Å²) in [6.45, 7) is 7.89. The van der Waals surface area contributed by atoms with Crippen molar-refractivity contribution in [3.05, 3.63) is 22.4 Å². The van der Waals surface area contributed by atoms with Crippen LogP contribution in [0.3, 0.4) is 0 Å². The van der Waals surface area contributed by atoms with Gasteiger partial charge < -0.3 is 11.1 Å². The van der Waals surface area contributed by atoms with Crippen LogP contribution in [0, 0.1) is 5.92 Å². The Hall–Kier alpha value is -0.910. The Balaban J connectivity index is 1.77. The zero-order valence-corrected chi connectivity index (χ0v) is 14.6. The smallest absolute Gasteiger partial charge is 0.239 e. The number of nitrogens with two attached hydrogens (primary N) is 1. The van der Waals surface area contributed by atoms with Crippen molar-refractivity contribution >= 4 is 17.2 Å². The van der Waals surface area contributed by atoms with Gasteiger partial charge in [-0.3, -0.25) is 9.69 Å². The lowest BCUT2D eigenvalue weighted by Gasteiger charge is -2.33. The normalized spacial score (nSPS) is 22.2. The molecule has 0 radical (unpaired) electrons. The maximum atomic E-state index is 12.2. The van der Waals surface area contributed by atoms with Gasteiger partial charge in [-0.1, -0.05) is 19.4 Å². The van der Waals surface area contributed by atoms with Gasteiger partial charge in [0.1, 0.15) is 0 Å². The first-order valence-electron chi connectivity index (χ1n) is 8.33. The molecule has 0 saturated carbocycles. The third-order valence-electron chi connectivity index (χ3n) is 4.40. The molecule has 0 aromatic carbocycles.